The number of aromatic nitrogens is 4. The molecule has 0 saturated carbocycles. The third-order valence-electron chi connectivity index (χ3n) is 5.25. The summed E-state index contributed by atoms with van der Waals surface area (Å²) in [6.07, 6.45) is 4.02. The molecule has 0 N–H and O–H groups in total. The molecule has 8 heteroatoms. The first kappa shape index (κ1) is 18.2. The molecule has 8 nitrogen and oxygen atoms in total. The van der Waals surface area contributed by atoms with Gasteiger partial charge in [-0.25, -0.2) is 9.97 Å². The van der Waals surface area contributed by atoms with Crippen LogP contribution in [0.2, 0.25) is 0 Å². The van der Waals surface area contributed by atoms with E-state index in [2.05, 4.69) is 44.0 Å². The van der Waals surface area contributed by atoms with Crippen LogP contribution in [0.3, 0.4) is 0 Å². The Balaban J connectivity index is 1.34. The van der Waals surface area contributed by atoms with Gasteiger partial charge in [-0.05, 0) is 19.4 Å². The predicted octanol–water partition coefficient (Wildman–Crippen LogP) is 0.949. The number of hydrogen-bond donors (Lipinski definition) is 0. The molecule has 0 radical (unpaired) electrons. The van der Waals surface area contributed by atoms with Crippen molar-refractivity contribution in [3.63, 3.8) is 0 Å². The summed E-state index contributed by atoms with van der Waals surface area (Å²) in [6, 6.07) is 2.14. The SMILES string of the molecule is Cc1cnn(CCN2CCN(c3cc(N4CCOCC4)nc(C)n3)CC2)c1. The fourth-order valence-corrected chi connectivity index (χ4v) is 3.69. The Morgan fingerprint density at radius 3 is 2.19 bits per heavy atom. The highest BCUT2D eigenvalue weighted by Crippen LogP contribution is 2.21. The van der Waals surface area contributed by atoms with Crippen LogP contribution in [0.25, 0.3) is 0 Å². The molecule has 0 atom stereocenters. The van der Waals surface area contributed by atoms with Crippen molar-refractivity contribution in [3.8, 4) is 0 Å². The molecule has 2 aromatic heterocycles. The fraction of sp³-hybridized carbons (Fsp3) is 0.632. The topological polar surface area (TPSA) is 62.6 Å². The van der Waals surface area contributed by atoms with Gasteiger partial charge in [0.25, 0.3) is 0 Å². The van der Waals surface area contributed by atoms with Gasteiger partial charge in [0.1, 0.15) is 17.5 Å². The molecule has 0 aromatic carbocycles. The smallest absolute Gasteiger partial charge is 0.134 e. The molecule has 2 saturated heterocycles. The summed E-state index contributed by atoms with van der Waals surface area (Å²) in [5.41, 5.74) is 1.22. The largest absolute Gasteiger partial charge is 0.378 e. The molecule has 4 heterocycles. The van der Waals surface area contributed by atoms with Crippen LogP contribution in [0.15, 0.2) is 18.5 Å². The summed E-state index contributed by atoms with van der Waals surface area (Å²) >= 11 is 0. The molecule has 2 fully saturated rings. The van der Waals surface area contributed by atoms with Crippen LogP contribution in [0.5, 0.6) is 0 Å². The standard InChI is InChI=1S/C19H29N7O/c1-16-14-20-26(15-16)8-5-23-3-6-24(7-4-23)18-13-19(22-17(2)21-18)25-9-11-27-12-10-25/h13-15H,3-12H2,1-2H3. The highest BCUT2D eigenvalue weighted by molar-refractivity contribution is 5.51. The van der Waals surface area contributed by atoms with Gasteiger partial charge in [0, 0.05) is 58.1 Å². The van der Waals surface area contributed by atoms with Crippen molar-refractivity contribution in [1.29, 1.82) is 0 Å². The lowest BCUT2D eigenvalue weighted by atomic mass is 10.3. The van der Waals surface area contributed by atoms with E-state index in [0.717, 1.165) is 83.0 Å². The van der Waals surface area contributed by atoms with Crippen LogP contribution < -0.4 is 9.80 Å². The highest BCUT2D eigenvalue weighted by atomic mass is 16.5. The number of ether oxygens (including phenoxy) is 1. The second-order valence-corrected chi connectivity index (χ2v) is 7.34. The third-order valence-corrected chi connectivity index (χ3v) is 5.25. The van der Waals surface area contributed by atoms with Gasteiger partial charge in [-0.1, -0.05) is 0 Å². The van der Waals surface area contributed by atoms with E-state index < -0.39 is 0 Å². The first-order valence-electron chi connectivity index (χ1n) is 9.82. The Labute approximate surface area is 160 Å². The van der Waals surface area contributed by atoms with Crippen molar-refractivity contribution >= 4 is 11.6 Å². The van der Waals surface area contributed by atoms with Gasteiger partial charge in [0.2, 0.25) is 0 Å². The quantitative estimate of drug-likeness (QED) is 0.775. The first-order chi connectivity index (χ1) is 13.2. The summed E-state index contributed by atoms with van der Waals surface area (Å²) in [5.74, 6) is 2.91. The van der Waals surface area contributed by atoms with Crippen molar-refractivity contribution in [2.45, 2.75) is 20.4 Å². The van der Waals surface area contributed by atoms with Crippen molar-refractivity contribution in [2.24, 2.45) is 0 Å². The Bertz CT molecular complexity index is 748. The number of hydrogen-bond acceptors (Lipinski definition) is 7. The monoisotopic (exact) mass is 371 g/mol. The molecule has 0 aliphatic carbocycles. The maximum atomic E-state index is 5.46. The molecular weight excluding hydrogens is 342 g/mol. The second-order valence-electron chi connectivity index (χ2n) is 7.34. The van der Waals surface area contributed by atoms with E-state index in [9.17, 15) is 0 Å². The van der Waals surface area contributed by atoms with E-state index >= 15 is 0 Å². The third kappa shape index (κ3) is 4.56. The Kier molecular flexibility index (Phi) is 5.54. The minimum atomic E-state index is 0.771. The zero-order valence-corrected chi connectivity index (χ0v) is 16.3. The number of piperazine rings is 1. The Morgan fingerprint density at radius 2 is 1.56 bits per heavy atom. The summed E-state index contributed by atoms with van der Waals surface area (Å²) in [4.78, 5) is 16.5. The summed E-state index contributed by atoms with van der Waals surface area (Å²) in [6.45, 7) is 13.5. The van der Waals surface area contributed by atoms with Gasteiger partial charge >= 0.3 is 0 Å². The summed E-state index contributed by atoms with van der Waals surface area (Å²) in [7, 11) is 0. The normalized spacial score (nSPS) is 18.9. The van der Waals surface area contributed by atoms with E-state index in [0.29, 0.717) is 0 Å². The number of anilines is 2. The molecule has 4 rings (SSSR count). The van der Waals surface area contributed by atoms with E-state index in [1.807, 2.05) is 17.8 Å². The van der Waals surface area contributed by atoms with E-state index in [1.54, 1.807) is 0 Å². The average Bonchev–Trinajstić information content (AvgIpc) is 3.12. The fourth-order valence-electron chi connectivity index (χ4n) is 3.69. The van der Waals surface area contributed by atoms with Crippen LogP contribution in [0, 0.1) is 13.8 Å². The Morgan fingerprint density at radius 1 is 0.889 bits per heavy atom. The lowest BCUT2D eigenvalue weighted by Crippen LogP contribution is -2.47. The Hall–Kier alpha value is -2.19. The van der Waals surface area contributed by atoms with Crippen molar-refractivity contribution < 1.29 is 4.74 Å². The molecule has 2 aromatic rings. The molecule has 0 bridgehead atoms. The first-order valence-corrected chi connectivity index (χ1v) is 9.82. The van der Waals surface area contributed by atoms with Gasteiger partial charge in [-0.3, -0.25) is 9.58 Å². The van der Waals surface area contributed by atoms with Crippen molar-refractivity contribution in [1.82, 2.24) is 24.6 Å². The lowest BCUT2D eigenvalue weighted by Gasteiger charge is -2.36. The highest BCUT2D eigenvalue weighted by Gasteiger charge is 2.20. The van der Waals surface area contributed by atoms with E-state index in [-0.39, 0.29) is 0 Å². The zero-order chi connectivity index (χ0) is 18.6. The van der Waals surface area contributed by atoms with Crippen molar-refractivity contribution in [2.75, 3.05) is 68.8 Å². The zero-order valence-electron chi connectivity index (χ0n) is 16.3. The van der Waals surface area contributed by atoms with Crippen molar-refractivity contribution in [3.05, 3.63) is 29.8 Å². The van der Waals surface area contributed by atoms with E-state index in [1.165, 1.54) is 5.56 Å². The molecule has 146 valence electrons. The molecule has 2 aliphatic rings. The number of rotatable bonds is 5. The molecular formula is C19H29N7O. The molecule has 2 aliphatic heterocycles. The van der Waals surface area contributed by atoms with Crippen LogP contribution in [-0.4, -0.2) is 83.7 Å². The van der Waals surface area contributed by atoms with E-state index in [4.69, 9.17) is 9.72 Å². The maximum absolute atomic E-state index is 5.46. The molecule has 0 unspecified atom stereocenters. The predicted molar refractivity (Wildman–Crippen MR) is 105 cm³/mol. The van der Waals surface area contributed by atoms with Gasteiger partial charge in [0.15, 0.2) is 0 Å². The number of aryl methyl sites for hydroxylation is 2. The molecule has 27 heavy (non-hydrogen) atoms. The van der Waals surface area contributed by atoms with Gasteiger partial charge in [0.05, 0.1) is 26.0 Å². The summed E-state index contributed by atoms with van der Waals surface area (Å²) < 4.78 is 7.49. The van der Waals surface area contributed by atoms with Gasteiger partial charge < -0.3 is 14.5 Å². The minimum Gasteiger partial charge on any atom is -0.378 e. The number of nitrogens with zero attached hydrogens (tertiary/aromatic N) is 7. The van der Waals surface area contributed by atoms with Crippen LogP contribution in [0.4, 0.5) is 11.6 Å². The van der Waals surface area contributed by atoms with Gasteiger partial charge in [-0.15, -0.1) is 0 Å². The lowest BCUT2D eigenvalue weighted by molar-refractivity contribution is 0.122. The molecule has 0 amide bonds. The van der Waals surface area contributed by atoms with Crippen LogP contribution >= 0.6 is 0 Å². The molecule has 0 spiro atoms. The average molecular weight is 371 g/mol. The maximum Gasteiger partial charge on any atom is 0.134 e. The second kappa shape index (κ2) is 8.22. The van der Waals surface area contributed by atoms with Crippen LogP contribution in [0.1, 0.15) is 11.4 Å². The number of morpholine rings is 1. The van der Waals surface area contributed by atoms with Gasteiger partial charge in [-0.2, -0.15) is 5.10 Å². The van der Waals surface area contributed by atoms with Crippen LogP contribution in [-0.2, 0) is 11.3 Å². The minimum absolute atomic E-state index is 0.771. The summed E-state index contributed by atoms with van der Waals surface area (Å²) in [5, 5.41) is 4.38.